The summed E-state index contributed by atoms with van der Waals surface area (Å²) < 4.78 is 0. The predicted octanol–water partition coefficient (Wildman–Crippen LogP) is -0.653. The van der Waals surface area contributed by atoms with E-state index in [1.807, 2.05) is 4.98 Å². The van der Waals surface area contributed by atoms with Crippen LogP contribution in [-0.2, 0) is 0 Å². The number of H-pyrrole nitrogens is 3. The molecule has 2 rings (SSSR count). The summed E-state index contributed by atoms with van der Waals surface area (Å²) in [5, 5.41) is 8.78. The van der Waals surface area contributed by atoms with E-state index >= 15 is 0 Å². The summed E-state index contributed by atoms with van der Waals surface area (Å²) in [6, 6.07) is 1.00. The Kier molecular flexibility index (Phi) is 2.61. The fourth-order valence-corrected chi connectivity index (χ4v) is 1.24. The molecule has 0 radical (unpaired) electrons. The van der Waals surface area contributed by atoms with E-state index in [9.17, 15) is 14.4 Å². The van der Waals surface area contributed by atoms with Crippen molar-refractivity contribution in [2.24, 2.45) is 0 Å². The van der Waals surface area contributed by atoms with Gasteiger partial charge in [0, 0.05) is 11.6 Å². The van der Waals surface area contributed by atoms with Crippen LogP contribution < -0.4 is 16.6 Å². The van der Waals surface area contributed by atoms with Gasteiger partial charge in [-0.15, -0.1) is 0 Å². The normalized spacial score (nSPS) is 10.2. The highest BCUT2D eigenvalue weighted by atomic mass is 16.2. The third kappa shape index (κ3) is 2.30. The minimum atomic E-state index is -0.732. The Labute approximate surface area is 94.1 Å². The molecule has 0 spiro atoms. The largest absolute Gasteiger partial charge is 0.326 e. The van der Waals surface area contributed by atoms with Crippen molar-refractivity contribution >= 4 is 11.7 Å². The number of carbonyl (C=O) groups excluding carboxylic acids is 1. The molecule has 2 heterocycles. The second kappa shape index (κ2) is 4.08. The van der Waals surface area contributed by atoms with E-state index < -0.39 is 17.2 Å². The van der Waals surface area contributed by atoms with Crippen molar-refractivity contribution in [2.45, 2.75) is 6.92 Å². The van der Waals surface area contributed by atoms with Gasteiger partial charge < -0.3 is 10.3 Å². The van der Waals surface area contributed by atoms with Crippen LogP contribution in [0.5, 0.6) is 0 Å². The highest BCUT2D eigenvalue weighted by molar-refractivity contribution is 6.02. The topological polar surface area (TPSA) is 123 Å². The summed E-state index contributed by atoms with van der Waals surface area (Å²) >= 11 is 0. The number of aromatic amines is 3. The molecule has 0 saturated heterocycles. The number of nitrogens with one attached hydrogen (secondary N) is 4. The van der Waals surface area contributed by atoms with Crippen molar-refractivity contribution in [3.63, 3.8) is 0 Å². The monoisotopic (exact) mass is 235 g/mol. The van der Waals surface area contributed by atoms with Gasteiger partial charge in [-0.25, -0.2) is 4.79 Å². The van der Waals surface area contributed by atoms with Gasteiger partial charge in [0.25, 0.3) is 11.5 Å². The second-order valence-electron chi connectivity index (χ2n) is 3.38. The summed E-state index contributed by atoms with van der Waals surface area (Å²) in [5.41, 5.74) is -0.748. The van der Waals surface area contributed by atoms with Crippen LogP contribution in [0, 0.1) is 6.92 Å². The first-order valence-electron chi connectivity index (χ1n) is 4.71. The lowest BCUT2D eigenvalue weighted by Gasteiger charge is -2.02. The molecule has 17 heavy (non-hydrogen) atoms. The lowest BCUT2D eigenvalue weighted by Crippen LogP contribution is -2.27. The number of aromatic nitrogens is 4. The van der Waals surface area contributed by atoms with Gasteiger partial charge in [-0.3, -0.25) is 19.7 Å². The number of aryl methyl sites for hydroxylation is 1. The van der Waals surface area contributed by atoms with Gasteiger partial charge in [0.1, 0.15) is 11.5 Å². The van der Waals surface area contributed by atoms with E-state index in [1.54, 1.807) is 6.92 Å². The van der Waals surface area contributed by atoms with Crippen LogP contribution in [0.1, 0.15) is 16.1 Å². The molecule has 0 aliphatic carbocycles. The van der Waals surface area contributed by atoms with E-state index in [1.165, 1.54) is 6.20 Å². The van der Waals surface area contributed by atoms with Gasteiger partial charge in [0.05, 0.1) is 6.20 Å². The smallest absolute Gasteiger partial charge is 0.305 e. The molecule has 2 aromatic rings. The van der Waals surface area contributed by atoms with Crippen LogP contribution in [0.25, 0.3) is 0 Å². The van der Waals surface area contributed by atoms with Crippen molar-refractivity contribution in [3.8, 4) is 0 Å². The summed E-state index contributed by atoms with van der Waals surface area (Å²) in [6.45, 7) is 1.75. The molecule has 1 amide bonds. The highest BCUT2D eigenvalue weighted by Crippen LogP contribution is 2.08. The van der Waals surface area contributed by atoms with Crippen molar-refractivity contribution in [3.05, 3.63) is 44.4 Å². The summed E-state index contributed by atoms with van der Waals surface area (Å²) in [5.74, 6) is -0.184. The van der Waals surface area contributed by atoms with E-state index in [4.69, 9.17) is 0 Å². The standard InChI is InChI=1S/C9H9N5O3/c1-4-3-10-14-7(4)13-8(16)5-2-6(15)12-9(17)11-5/h2-3H,1H3,(H2,10,13,14,16)(H2,11,12,15,17). The maximum atomic E-state index is 11.7. The average Bonchev–Trinajstić information content (AvgIpc) is 2.63. The quantitative estimate of drug-likeness (QED) is 0.552. The van der Waals surface area contributed by atoms with Crippen LogP contribution in [0.3, 0.4) is 0 Å². The van der Waals surface area contributed by atoms with Crippen LogP contribution in [0.2, 0.25) is 0 Å². The molecular formula is C9H9N5O3. The summed E-state index contributed by atoms with van der Waals surface area (Å²) in [6.07, 6.45) is 1.54. The van der Waals surface area contributed by atoms with Crippen LogP contribution in [0.4, 0.5) is 5.82 Å². The Morgan fingerprint density at radius 3 is 2.71 bits per heavy atom. The number of carbonyl (C=O) groups is 1. The zero-order valence-electron chi connectivity index (χ0n) is 8.83. The first-order chi connectivity index (χ1) is 8.06. The Bertz CT molecular complexity index is 637. The SMILES string of the molecule is Cc1cn[nH]c1NC(=O)c1cc(=O)[nH]c(=O)[nH]1. The fraction of sp³-hybridized carbons (Fsp3) is 0.111. The zero-order valence-corrected chi connectivity index (χ0v) is 8.83. The lowest BCUT2D eigenvalue weighted by atomic mass is 10.3. The zero-order chi connectivity index (χ0) is 12.4. The van der Waals surface area contributed by atoms with Gasteiger partial charge in [0.2, 0.25) is 0 Å². The second-order valence-corrected chi connectivity index (χ2v) is 3.38. The van der Waals surface area contributed by atoms with Crippen molar-refractivity contribution < 1.29 is 4.79 Å². The molecule has 0 atom stereocenters. The first-order valence-corrected chi connectivity index (χ1v) is 4.71. The Morgan fingerprint density at radius 1 is 1.35 bits per heavy atom. The molecule has 2 aromatic heterocycles. The van der Waals surface area contributed by atoms with E-state index in [-0.39, 0.29) is 5.69 Å². The molecular weight excluding hydrogens is 226 g/mol. The first kappa shape index (κ1) is 10.9. The molecule has 8 heteroatoms. The van der Waals surface area contributed by atoms with Gasteiger partial charge in [-0.2, -0.15) is 5.10 Å². The molecule has 4 N–H and O–H groups in total. The summed E-state index contributed by atoms with van der Waals surface area (Å²) in [7, 11) is 0. The lowest BCUT2D eigenvalue weighted by molar-refractivity contribution is 0.102. The Hall–Kier alpha value is -2.64. The number of amides is 1. The number of hydrogen-bond donors (Lipinski definition) is 4. The van der Waals surface area contributed by atoms with Crippen molar-refractivity contribution in [1.82, 2.24) is 20.2 Å². The van der Waals surface area contributed by atoms with E-state index in [0.29, 0.717) is 5.82 Å². The molecule has 0 unspecified atom stereocenters. The third-order valence-corrected chi connectivity index (χ3v) is 2.07. The number of nitrogens with zero attached hydrogens (tertiary/aromatic N) is 1. The molecule has 0 bridgehead atoms. The molecule has 88 valence electrons. The fourth-order valence-electron chi connectivity index (χ4n) is 1.24. The van der Waals surface area contributed by atoms with Gasteiger partial charge in [-0.1, -0.05) is 0 Å². The predicted molar refractivity (Wildman–Crippen MR) is 59.0 cm³/mol. The van der Waals surface area contributed by atoms with E-state index in [0.717, 1.165) is 11.6 Å². The minimum absolute atomic E-state index is 0.118. The van der Waals surface area contributed by atoms with Gasteiger partial charge in [0.15, 0.2) is 0 Å². The number of hydrogen-bond acceptors (Lipinski definition) is 4. The number of rotatable bonds is 2. The average molecular weight is 235 g/mol. The van der Waals surface area contributed by atoms with Gasteiger partial charge >= 0.3 is 5.69 Å². The maximum Gasteiger partial charge on any atom is 0.326 e. The van der Waals surface area contributed by atoms with E-state index in [2.05, 4.69) is 20.5 Å². The Morgan fingerprint density at radius 2 is 2.12 bits per heavy atom. The third-order valence-electron chi connectivity index (χ3n) is 2.07. The Balaban J connectivity index is 2.29. The molecule has 0 aromatic carbocycles. The van der Waals surface area contributed by atoms with Crippen molar-refractivity contribution in [1.29, 1.82) is 0 Å². The van der Waals surface area contributed by atoms with Crippen LogP contribution in [0.15, 0.2) is 21.9 Å². The molecule has 0 aliphatic rings. The molecule has 0 fully saturated rings. The molecule has 0 aliphatic heterocycles. The molecule has 8 nitrogen and oxygen atoms in total. The molecule has 0 saturated carbocycles. The minimum Gasteiger partial charge on any atom is -0.305 e. The number of anilines is 1. The van der Waals surface area contributed by atoms with Crippen molar-refractivity contribution in [2.75, 3.05) is 5.32 Å². The maximum absolute atomic E-state index is 11.7. The van der Waals surface area contributed by atoms with Gasteiger partial charge in [-0.05, 0) is 6.92 Å². The highest BCUT2D eigenvalue weighted by Gasteiger charge is 2.10. The van der Waals surface area contributed by atoms with Crippen LogP contribution in [-0.4, -0.2) is 26.1 Å². The summed E-state index contributed by atoms with van der Waals surface area (Å²) in [4.78, 5) is 37.9. The van der Waals surface area contributed by atoms with Crippen LogP contribution >= 0.6 is 0 Å².